The van der Waals surface area contributed by atoms with Crippen LogP contribution in [0, 0.1) is 13.8 Å². The summed E-state index contributed by atoms with van der Waals surface area (Å²) in [4.78, 5) is 11.8. The molecule has 1 aromatic rings. The Morgan fingerprint density at radius 2 is 2.06 bits per heavy atom. The second-order valence-electron chi connectivity index (χ2n) is 4.66. The van der Waals surface area contributed by atoms with Crippen LogP contribution in [-0.4, -0.2) is 19.1 Å². The van der Waals surface area contributed by atoms with Gasteiger partial charge in [-0.1, -0.05) is 6.07 Å². The van der Waals surface area contributed by atoms with Crippen LogP contribution in [0.5, 0.6) is 0 Å². The third-order valence-electron chi connectivity index (χ3n) is 3.07. The van der Waals surface area contributed by atoms with Gasteiger partial charge in [-0.3, -0.25) is 4.79 Å². The van der Waals surface area contributed by atoms with E-state index in [1.54, 1.807) is 7.11 Å². The predicted molar refractivity (Wildman–Crippen MR) is 74.7 cm³/mol. The number of benzene rings is 1. The van der Waals surface area contributed by atoms with Crippen LogP contribution in [-0.2, 0) is 9.53 Å². The number of nitrogens with one attached hydrogen (secondary N) is 1. The Balaban J connectivity index is 2.62. The first-order valence-corrected chi connectivity index (χ1v) is 6.13. The minimum atomic E-state index is -0.00902. The number of nitrogens with two attached hydrogens (primary N) is 1. The molecule has 3 N–H and O–H groups in total. The molecule has 0 bridgehead atoms. The van der Waals surface area contributed by atoms with E-state index in [0.717, 1.165) is 16.8 Å². The third kappa shape index (κ3) is 4.04. The molecule has 0 aliphatic carbocycles. The average molecular weight is 250 g/mol. The maximum absolute atomic E-state index is 11.8. The Labute approximate surface area is 109 Å². The molecule has 0 radical (unpaired) electrons. The van der Waals surface area contributed by atoms with Gasteiger partial charge in [-0.05, 0) is 44.4 Å². The van der Waals surface area contributed by atoms with E-state index in [0.29, 0.717) is 18.5 Å². The summed E-state index contributed by atoms with van der Waals surface area (Å²) in [7, 11) is 1.65. The van der Waals surface area contributed by atoms with Crippen molar-refractivity contribution in [3.63, 3.8) is 0 Å². The van der Waals surface area contributed by atoms with Crippen molar-refractivity contribution in [2.45, 2.75) is 39.7 Å². The normalized spacial score (nSPS) is 12.2. The van der Waals surface area contributed by atoms with Crippen molar-refractivity contribution in [1.82, 2.24) is 0 Å². The highest BCUT2D eigenvalue weighted by Crippen LogP contribution is 2.22. The Morgan fingerprint density at radius 3 is 2.67 bits per heavy atom. The fourth-order valence-corrected chi connectivity index (χ4v) is 1.67. The zero-order valence-corrected chi connectivity index (χ0v) is 11.5. The first kappa shape index (κ1) is 14.5. The maximum Gasteiger partial charge on any atom is 0.224 e. The third-order valence-corrected chi connectivity index (χ3v) is 3.07. The topological polar surface area (TPSA) is 64.3 Å². The number of rotatable bonds is 5. The highest BCUT2D eigenvalue weighted by molar-refractivity contribution is 5.92. The predicted octanol–water partition coefficient (Wildman–Crippen LogP) is 2.64. The van der Waals surface area contributed by atoms with Crippen molar-refractivity contribution in [3.05, 3.63) is 23.3 Å². The number of aryl methyl sites for hydroxylation is 2. The monoisotopic (exact) mass is 250 g/mol. The van der Waals surface area contributed by atoms with Gasteiger partial charge in [-0.25, -0.2) is 0 Å². The van der Waals surface area contributed by atoms with Crippen LogP contribution in [0.25, 0.3) is 0 Å². The Hall–Kier alpha value is -1.55. The molecule has 0 spiro atoms. The Bertz CT molecular complexity index is 430. The van der Waals surface area contributed by atoms with Gasteiger partial charge in [-0.15, -0.1) is 0 Å². The quantitative estimate of drug-likeness (QED) is 0.790. The van der Waals surface area contributed by atoms with E-state index in [2.05, 4.69) is 5.32 Å². The first-order chi connectivity index (χ1) is 8.43. The van der Waals surface area contributed by atoms with Crippen LogP contribution in [0.3, 0.4) is 0 Å². The number of hydrogen-bond donors (Lipinski definition) is 2. The molecule has 0 fully saturated rings. The number of nitrogen functional groups attached to an aromatic ring is 1. The van der Waals surface area contributed by atoms with Crippen molar-refractivity contribution < 1.29 is 9.53 Å². The van der Waals surface area contributed by atoms with Crippen molar-refractivity contribution in [2.24, 2.45) is 0 Å². The number of ether oxygens (including phenoxy) is 1. The second-order valence-corrected chi connectivity index (χ2v) is 4.66. The van der Waals surface area contributed by atoms with Gasteiger partial charge in [0.15, 0.2) is 0 Å². The van der Waals surface area contributed by atoms with E-state index in [1.165, 1.54) is 0 Å². The molecule has 1 amide bonds. The molecule has 4 nitrogen and oxygen atoms in total. The molecule has 4 heteroatoms. The summed E-state index contributed by atoms with van der Waals surface area (Å²) in [5, 5.41) is 2.88. The number of amides is 1. The molecule has 1 unspecified atom stereocenters. The molecule has 0 aliphatic heterocycles. The molecule has 1 aromatic carbocycles. The fraction of sp³-hybridized carbons (Fsp3) is 0.500. The molecule has 0 saturated carbocycles. The lowest BCUT2D eigenvalue weighted by molar-refractivity contribution is -0.116. The van der Waals surface area contributed by atoms with Crippen molar-refractivity contribution >= 4 is 17.3 Å². The molecule has 0 heterocycles. The van der Waals surface area contributed by atoms with Gasteiger partial charge in [-0.2, -0.15) is 0 Å². The lowest BCUT2D eigenvalue weighted by Crippen LogP contribution is -2.16. The van der Waals surface area contributed by atoms with Crippen LogP contribution in [0.4, 0.5) is 11.4 Å². The van der Waals surface area contributed by atoms with Crippen LogP contribution < -0.4 is 11.1 Å². The van der Waals surface area contributed by atoms with Crippen LogP contribution >= 0.6 is 0 Å². The Kier molecular flexibility index (Phi) is 5.16. The van der Waals surface area contributed by atoms with Gasteiger partial charge in [0.05, 0.1) is 6.10 Å². The summed E-state index contributed by atoms with van der Waals surface area (Å²) in [6.45, 7) is 5.86. The summed E-state index contributed by atoms with van der Waals surface area (Å²) in [5.41, 5.74) is 9.37. The lowest BCUT2D eigenvalue weighted by Gasteiger charge is -2.12. The molecule has 1 rings (SSSR count). The molecule has 0 saturated heterocycles. The van der Waals surface area contributed by atoms with Gasteiger partial charge >= 0.3 is 0 Å². The molecule has 0 aliphatic rings. The van der Waals surface area contributed by atoms with Gasteiger partial charge in [0.1, 0.15) is 0 Å². The summed E-state index contributed by atoms with van der Waals surface area (Å²) < 4.78 is 5.11. The minimum Gasteiger partial charge on any atom is -0.398 e. The smallest absolute Gasteiger partial charge is 0.224 e. The SMILES string of the molecule is COC(C)CCC(=O)Nc1cc(N)c(C)cc1C. The van der Waals surface area contributed by atoms with E-state index >= 15 is 0 Å². The zero-order valence-electron chi connectivity index (χ0n) is 11.5. The first-order valence-electron chi connectivity index (χ1n) is 6.13. The number of anilines is 2. The van der Waals surface area contributed by atoms with E-state index in [9.17, 15) is 4.79 Å². The van der Waals surface area contributed by atoms with Crippen LogP contribution in [0.15, 0.2) is 12.1 Å². The van der Waals surface area contributed by atoms with Gasteiger partial charge in [0.25, 0.3) is 0 Å². The van der Waals surface area contributed by atoms with E-state index in [4.69, 9.17) is 10.5 Å². The molecule has 18 heavy (non-hydrogen) atoms. The standard InChI is InChI=1S/C14H22N2O2/c1-9-7-10(2)13(8-12(9)15)16-14(17)6-5-11(3)18-4/h7-8,11H,5-6,15H2,1-4H3,(H,16,17). The number of methoxy groups -OCH3 is 1. The fourth-order valence-electron chi connectivity index (χ4n) is 1.67. The maximum atomic E-state index is 11.8. The van der Waals surface area contributed by atoms with Gasteiger partial charge < -0.3 is 15.8 Å². The molecule has 100 valence electrons. The van der Waals surface area contributed by atoms with Crippen molar-refractivity contribution in [1.29, 1.82) is 0 Å². The minimum absolute atomic E-state index is 0.00902. The molecule has 0 aromatic heterocycles. The molecular weight excluding hydrogens is 228 g/mol. The van der Waals surface area contributed by atoms with Crippen molar-refractivity contribution in [3.8, 4) is 0 Å². The average Bonchev–Trinajstić information content (AvgIpc) is 2.33. The Morgan fingerprint density at radius 1 is 1.39 bits per heavy atom. The van der Waals surface area contributed by atoms with E-state index in [1.807, 2.05) is 32.9 Å². The second kappa shape index (κ2) is 6.40. The van der Waals surface area contributed by atoms with Crippen LogP contribution in [0.1, 0.15) is 30.9 Å². The van der Waals surface area contributed by atoms with Crippen molar-refractivity contribution in [2.75, 3.05) is 18.2 Å². The van der Waals surface area contributed by atoms with Gasteiger partial charge in [0.2, 0.25) is 5.91 Å². The van der Waals surface area contributed by atoms with E-state index < -0.39 is 0 Å². The largest absolute Gasteiger partial charge is 0.398 e. The van der Waals surface area contributed by atoms with E-state index in [-0.39, 0.29) is 12.0 Å². The highest BCUT2D eigenvalue weighted by atomic mass is 16.5. The summed E-state index contributed by atoms with van der Waals surface area (Å²) in [6.07, 6.45) is 1.25. The molecular formula is C14H22N2O2. The van der Waals surface area contributed by atoms with Gasteiger partial charge in [0, 0.05) is 24.9 Å². The van der Waals surface area contributed by atoms with Crippen LogP contribution in [0.2, 0.25) is 0 Å². The highest BCUT2D eigenvalue weighted by Gasteiger charge is 2.08. The molecule has 1 atom stereocenters. The zero-order chi connectivity index (χ0) is 13.7. The summed E-state index contributed by atoms with van der Waals surface area (Å²) in [6, 6.07) is 3.78. The number of carbonyl (C=O) groups excluding carboxylic acids is 1. The summed E-state index contributed by atoms with van der Waals surface area (Å²) in [5.74, 6) is -0.00902. The number of carbonyl (C=O) groups is 1. The lowest BCUT2D eigenvalue weighted by atomic mass is 10.1. The summed E-state index contributed by atoms with van der Waals surface area (Å²) >= 11 is 0. The number of hydrogen-bond acceptors (Lipinski definition) is 3.